The van der Waals surface area contributed by atoms with Crippen LogP contribution in [0.25, 0.3) is 0 Å². The van der Waals surface area contributed by atoms with E-state index in [9.17, 15) is 8.42 Å². The van der Waals surface area contributed by atoms with Crippen LogP contribution >= 0.6 is 11.6 Å². The molecule has 1 aromatic rings. The second-order valence-electron chi connectivity index (χ2n) is 4.70. The van der Waals surface area contributed by atoms with Crippen LogP contribution in [-0.2, 0) is 16.4 Å². The second-order valence-corrected chi connectivity index (χ2v) is 7.02. The topological polar surface area (TPSA) is 50.3 Å². The molecule has 0 unspecified atom stereocenters. The predicted octanol–water partition coefficient (Wildman–Crippen LogP) is 2.09. The van der Waals surface area contributed by atoms with Crippen molar-refractivity contribution in [2.75, 3.05) is 12.8 Å². The van der Waals surface area contributed by atoms with E-state index in [2.05, 4.69) is 4.98 Å². The molecule has 1 fully saturated rings. The summed E-state index contributed by atoms with van der Waals surface area (Å²) in [5.41, 5.74) is 1.10. The van der Waals surface area contributed by atoms with Crippen molar-refractivity contribution in [3.8, 4) is 0 Å². The first-order valence-electron chi connectivity index (χ1n) is 6.04. The molecule has 0 N–H and O–H groups in total. The van der Waals surface area contributed by atoms with Gasteiger partial charge in [-0.3, -0.25) is 0 Å². The van der Waals surface area contributed by atoms with Gasteiger partial charge in [-0.25, -0.2) is 13.4 Å². The summed E-state index contributed by atoms with van der Waals surface area (Å²) in [7, 11) is -3.07. The van der Waals surface area contributed by atoms with Crippen molar-refractivity contribution in [1.29, 1.82) is 0 Å². The van der Waals surface area contributed by atoms with Gasteiger partial charge >= 0.3 is 0 Å². The number of nitrogens with zero attached hydrogens (tertiary/aromatic N) is 2. The van der Waals surface area contributed by atoms with Gasteiger partial charge in [-0.2, -0.15) is 4.31 Å². The Labute approximate surface area is 113 Å². The van der Waals surface area contributed by atoms with E-state index in [1.807, 2.05) is 6.07 Å². The Hall–Kier alpha value is -0.650. The zero-order valence-corrected chi connectivity index (χ0v) is 11.9. The number of rotatable bonds is 4. The predicted molar refractivity (Wildman–Crippen MR) is 72.1 cm³/mol. The van der Waals surface area contributed by atoms with Crippen LogP contribution in [0, 0.1) is 0 Å². The molecule has 1 aromatic heterocycles. The number of halogens is 1. The van der Waals surface area contributed by atoms with Gasteiger partial charge < -0.3 is 0 Å². The van der Waals surface area contributed by atoms with Gasteiger partial charge in [-0.05, 0) is 37.3 Å². The number of aryl methyl sites for hydroxylation is 1. The zero-order chi connectivity index (χ0) is 13.2. The number of aromatic nitrogens is 1. The van der Waals surface area contributed by atoms with Gasteiger partial charge in [-0.1, -0.05) is 17.7 Å². The largest absolute Gasteiger partial charge is 0.244 e. The summed E-state index contributed by atoms with van der Waals surface area (Å²) in [6.07, 6.45) is 6.62. The van der Waals surface area contributed by atoms with Crippen molar-refractivity contribution < 1.29 is 8.42 Å². The van der Waals surface area contributed by atoms with Crippen LogP contribution < -0.4 is 0 Å². The summed E-state index contributed by atoms with van der Waals surface area (Å²) in [5.74, 6) is 0. The highest BCUT2D eigenvalue weighted by atomic mass is 35.5. The fraction of sp³-hybridized carbons (Fsp3) is 0.583. The lowest BCUT2D eigenvalue weighted by Gasteiger charge is -2.21. The molecule has 18 heavy (non-hydrogen) atoms. The lowest BCUT2D eigenvalue weighted by molar-refractivity contribution is 0.373. The number of sulfonamides is 1. The van der Waals surface area contributed by atoms with E-state index in [1.54, 1.807) is 16.6 Å². The van der Waals surface area contributed by atoms with Gasteiger partial charge in [0.25, 0.3) is 0 Å². The molecule has 4 nitrogen and oxygen atoms in total. The SMILES string of the molecule is CS(=O)(=O)N1CCC[C@H]1CCc1ccc(Cl)nc1. The maximum atomic E-state index is 11.6. The smallest absolute Gasteiger partial charge is 0.211 e. The first-order valence-corrected chi connectivity index (χ1v) is 8.27. The highest BCUT2D eigenvalue weighted by Crippen LogP contribution is 2.24. The lowest BCUT2D eigenvalue weighted by atomic mass is 10.1. The van der Waals surface area contributed by atoms with Gasteiger partial charge in [0.05, 0.1) is 6.26 Å². The summed E-state index contributed by atoms with van der Waals surface area (Å²) in [6, 6.07) is 3.84. The Kier molecular flexibility index (Phi) is 4.25. The Morgan fingerprint density at radius 2 is 2.28 bits per heavy atom. The van der Waals surface area contributed by atoms with Gasteiger partial charge in [0, 0.05) is 18.8 Å². The quantitative estimate of drug-likeness (QED) is 0.797. The van der Waals surface area contributed by atoms with Crippen molar-refractivity contribution in [3.63, 3.8) is 0 Å². The van der Waals surface area contributed by atoms with E-state index < -0.39 is 10.0 Å². The molecule has 100 valence electrons. The molecule has 0 spiro atoms. The Bertz CT molecular complexity index is 501. The standard InChI is InChI=1S/C12H17ClN2O2S/c1-18(16,17)15-8-2-3-11(15)6-4-10-5-7-12(13)14-9-10/h5,7,9,11H,2-4,6,8H2,1H3/t11-/m0/s1. The number of pyridine rings is 1. The highest BCUT2D eigenvalue weighted by Gasteiger charge is 2.30. The monoisotopic (exact) mass is 288 g/mol. The normalized spacial score (nSPS) is 21.3. The van der Waals surface area contributed by atoms with Gasteiger partial charge in [0.15, 0.2) is 0 Å². The van der Waals surface area contributed by atoms with Crippen LogP contribution in [0.1, 0.15) is 24.8 Å². The molecule has 6 heteroatoms. The molecular weight excluding hydrogens is 272 g/mol. The summed E-state index contributed by atoms with van der Waals surface area (Å²) in [4.78, 5) is 4.03. The summed E-state index contributed by atoms with van der Waals surface area (Å²) < 4.78 is 24.8. The Morgan fingerprint density at radius 3 is 2.89 bits per heavy atom. The molecular formula is C12H17ClN2O2S. The fourth-order valence-corrected chi connectivity index (χ4v) is 3.75. The van der Waals surface area contributed by atoms with Crippen LogP contribution in [0.15, 0.2) is 18.3 Å². The average Bonchev–Trinajstić information content (AvgIpc) is 2.76. The molecule has 1 atom stereocenters. The molecule has 1 aliphatic rings. The van der Waals surface area contributed by atoms with Gasteiger partial charge in [0.1, 0.15) is 5.15 Å². The van der Waals surface area contributed by atoms with E-state index in [0.29, 0.717) is 11.7 Å². The molecule has 1 aliphatic heterocycles. The van der Waals surface area contributed by atoms with Crippen LogP contribution in [0.5, 0.6) is 0 Å². The first kappa shape index (κ1) is 13.8. The Morgan fingerprint density at radius 1 is 1.50 bits per heavy atom. The maximum absolute atomic E-state index is 11.6. The van der Waals surface area contributed by atoms with Gasteiger partial charge in [-0.15, -0.1) is 0 Å². The number of hydrogen-bond donors (Lipinski definition) is 0. The Balaban J connectivity index is 1.96. The molecule has 2 heterocycles. The summed E-state index contributed by atoms with van der Waals surface area (Å²) in [5, 5.41) is 0.484. The number of hydrogen-bond acceptors (Lipinski definition) is 3. The molecule has 0 radical (unpaired) electrons. The minimum Gasteiger partial charge on any atom is -0.244 e. The van der Waals surface area contributed by atoms with Crippen molar-refractivity contribution in [2.45, 2.75) is 31.7 Å². The third-order valence-corrected chi connectivity index (χ3v) is 4.86. The molecule has 0 bridgehead atoms. The van der Waals surface area contributed by atoms with E-state index in [-0.39, 0.29) is 6.04 Å². The minimum atomic E-state index is -3.07. The fourth-order valence-electron chi connectivity index (χ4n) is 2.42. The molecule has 1 saturated heterocycles. The molecule has 0 amide bonds. The summed E-state index contributed by atoms with van der Waals surface area (Å²) >= 11 is 5.72. The lowest BCUT2D eigenvalue weighted by Crippen LogP contribution is -2.34. The van der Waals surface area contributed by atoms with Crippen LogP contribution in [-0.4, -0.2) is 36.5 Å². The average molecular weight is 289 g/mol. The van der Waals surface area contributed by atoms with Crippen molar-refractivity contribution in [3.05, 3.63) is 29.0 Å². The van der Waals surface area contributed by atoms with Gasteiger partial charge in [0.2, 0.25) is 10.0 Å². The van der Waals surface area contributed by atoms with Crippen LogP contribution in [0.3, 0.4) is 0 Å². The van der Waals surface area contributed by atoms with E-state index in [1.165, 1.54) is 6.26 Å². The van der Waals surface area contributed by atoms with Crippen LogP contribution in [0.2, 0.25) is 5.15 Å². The third kappa shape index (κ3) is 3.43. The zero-order valence-electron chi connectivity index (χ0n) is 10.3. The van der Waals surface area contributed by atoms with Crippen molar-refractivity contribution in [1.82, 2.24) is 9.29 Å². The minimum absolute atomic E-state index is 0.135. The van der Waals surface area contributed by atoms with E-state index in [0.717, 1.165) is 31.2 Å². The first-order chi connectivity index (χ1) is 8.47. The molecule has 2 rings (SSSR count). The second kappa shape index (κ2) is 5.55. The molecule has 0 saturated carbocycles. The third-order valence-electron chi connectivity index (χ3n) is 3.30. The molecule has 0 aliphatic carbocycles. The maximum Gasteiger partial charge on any atom is 0.211 e. The van der Waals surface area contributed by atoms with E-state index in [4.69, 9.17) is 11.6 Å². The molecule has 0 aromatic carbocycles. The summed E-state index contributed by atoms with van der Waals surface area (Å²) in [6.45, 7) is 0.655. The van der Waals surface area contributed by atoms with Crippen molar-refractivity contribution >= 4 is 21.6 Å². The van der Waals surface area contributed by atoms with Crippen LogP contribution in [0.4, 0.5) is 0 Å². The van der Waals surface area contributed by atoms with Crippen molar-refractivity contribution in [2.24, 2.45) is 0 Å². The highest BCUT2D eigenvalue weighted by molar-refractivity contribution is 7.88. The van der Waals surface area contributed by atoms with E-state index >= 15 is 0 Å².